The fourth-order valence-electron chi connectivity index (χ4n) is 3.25. The van der Waals surface area contributed by atoms with E-state index in [2.05, 4.69) is 58.1 Å². The molecule has 0 N–H and O–H groups in total. The lowest BCUT2D eigenvalue weighted by Gasteiger charge is -2.39. The second kappa shape index (κ2) is 9.48. The van der Waals surface area contributed by atoms with Crippen molar-refractivity contribution in [1.82, 2.24) is 0 Å². The zero-order valence-electron chi connectivity index (χ0n) is 16.1. The molecule has 138 valence electrons. The van der Waals surface area contributed by atoms with Crippen molar-refractivity contribution in [3.8, 4) is 0 Å². The average molecular weight is 361 g/mol. The van der Waals surface area contributed by atoms with Gasteiger partial charge in [0.25, 0.3) is 0 Å². The van der Waals surface area contributed by atoms with E-state index in [1.54, 1.807) is 0 Å². The predicted octanol–water partition coefficient (Wildman–Crippen LogP) is 5.38. The van der Waals surface area contributed by atoms with Gasteiger partial charge in [-0.3, -0.25) is 0 Å². The molecule has 25 heavy (non-hydrogen) atoms. The maximum Gasteiger partial charge on any atom is 0.344 e. The van der Waals surface area contributed by atoms with Crippen molar-refractivity contribution in [2.45, 2.75) is 64.5 Å². The normalized spacial score (nSPS) is 23.5. The molecule has 1 aromatic rings. The highest BCUT2D eigenvalue weighted by Gasteiger charge is 2.48. The quantitative estimate of drug-likeness (QED) is 0.482. The van der Waals surface area contributed by atoms with Gasteiger partial charge in [0, 0.05) is 0 Å². The van der Waals surface area contributed by atoms with Crippen molar-refractivity contribution in [2.24, 2.45) is 0 Å². The Morgan fingerprint density at radius 2 is 1.72 bits per heavy atom. The molecule has 0 bridgehead atoms. The van der Waals surface area contributed by atoms with Crippen LogP contribution in [0.15, 0.2) is 54.6 Å². The van der Waals surface area contributed by atoms with E-state index in [-0.39, 0.29) is 12.2 Å². The van der Waals surface area contributed by atoms with Gasteiger partial charge in [-0.1, -0.05) is 82.3 Å². The van der Waals surface area contributed by atoms with Crippen LogP contribution in [0.2, 0.25) is 11.1 Å². The Bertz CT molecular complexity index is 558. The van der Waals surface area contributed by atoms with Crippen molar-refractivity contribution >= 4 is 8.56 Å². The highest BCUT2D eigenvalue weighted by molar-refractivity contribution is 6.70. The van der Waals surface area contributed by atoms with E-state index in [1.165, 1.54) is 5.56 Å². The Labute approximate surface area is 153 Å². The third-order valence-corrected chi connectivity index (χ3v) is 9.09. The summed E-state index contributed by atoms with van der Waals surface area (Å²) < 4.78 is 19.1. The molecular weight excluding hydrogens is 328 g/mol. The van der Waals surface area contributed by atoms with E-state index < -0.39 is 8.56 Å². The molecule has 0 saturated heterocycles. The topological polar surface area (TPSA) is 27.7 Å². The molecule has 1 aromatic carbocycles. The van der Waals surface area contributed by atoms with Crippen LogP contribution in [-0.4, -0.2) is 27.4 Å². The van der Waals surface area contributed by atoms with Gasteiger partial charge in [0.05, 0.1) is 25.4 Å². The first-order valence-corrected chi connectivity index (χ1v) is 11.2. The molecule has 4 heteroatoms. The fraction of sp³-hybridized carbons (Fsp3) is 0.524. The van der Waals surface area contributed by atoms with Crippen LogP contribution in [0.4, 0.5) is 0 Å². The van der Waals surface area contributed by atoms with Gasteiger partial charge in [0.2, 0.25) is 0 Å². The van der Waals surface area contributed by atoms with Gasteiger partial charge >= 0.3 is 8.56 Å². The molecular formula is C21H32O3Si. The van der Waals surface area contributed by atoms with Crippen LogP contribution in [-0.2, 0) is 20.2 Å². The summed E-state index contributed by atoms with van der Waals surface area (Å²) in [7, 11) is -2.37. The Balaban J connectivity index is 2.09. The summed E-state index contributed by atoms with van der Waals surface area (Å²) in [5, 5.41) is 0. The van der Waals surface area contributed by atoms with Crippen molar-refractivity contribution in [3.05, 3.63) is 60.2 Å². The molecule has 0 spiro atoms. The Morgan fingerprint density at radius 1 is 1.04 bits per heavy atom. The number of allylic oxidation sites excluding steroid dienone is 1. The third-order valence-electron chi connectivity index (χ3n) is 4.56. The van der Waals surface area contributed by atoms with Gasteiger partial charge in [-0.05, 0) is 23.6 Å². The monoisotopic (exact) mass is 360 g/mol. The minimum absolute atomic E-state index is 0.0133. The van der Waals surface area contributed by atoms with Crippen LogP contribution >= 0.6 is 0 Å². The average Bonchev–Trinajstić information content (AvgIpc) is 2.77. The first-order chi connectivity index (χ1) is 12.0. The molecule has 1 aliphatic heterocycles. The summed E-state index contributed by atoms with van der Waals surface area (Å²) in [5.74, 6) is 0. The maximum atomic E-state index is 6.61. The zero-order chi connectivity index (χ0) is 18.3. The van der Waals surface area contributed by atoms with Crippen molar-refractivity contribution < 1.29 is 13.6 Å². The molecule has 1 aliphatic rings. The van der Waals surface area contributed by atoms with Gasteiger partial charge in [-0.2, -0.15) is 0 Å². The number of hydrogen-bond donors (Lipinski definition) is 0. The number of hydrogen-bond acceptors (Lipinski definition) is 3. The van der Waals surface area contributed by atoms with Crippen LogP contribution in [0.3, 0.4) is 0 Å². The standard InChI is InChI=1S/C21H32O3Si/c1-6-10-20-13-14-21(16-22-15-19-11-8-7-9-12-19)24-25(23-20,17(2)3)18(4)5/h6-14,17-18,20-21H,15-16H2,1-5H3/b10-6+/t20-,21+/m0/s1. The molecule has 0 unspecified atom stereocenters. The first-order valence-electron chi connectivity index (χ1n) is 9.26. The SMILES string of the molecule is C/C=C/[C@H]1C=C[C@H](COCc2ccccc2)O[Si](C(C)C)(C(C)C)O1. The lowest BCUT2D eigenvalue weighted by atomic mass is 10.2. The largest absolute Gasteiger partial charge is 0.385 e. The second-order valence-corrected chi connectivity index (χ2v) is 11.4. The van der Waals surface area contributed by atoms with Crippen molar-refractivity contribution in [2.75, 3.05) is 6.61 Å². The summed E-state index contributed by atoms with van der Waals surface area (Å²) in [5.41, 5.74) is 1.92. The van der Waals surface area contributed by atoms with Gasteiger partial charge in [0.15, 0.2) is 0 Å². The van der Waals surface area contributed by atoms with Crippen molar-refractivity contribution in [3.63, 3.8) is 0 Å². The van der Waals surface area contributed by atoms with Gasteiger partial charge in [-0.15, -0.1) is 0 Å². The Morgan fingerprint density at radius 3 is 2.32 bits per heavy atom. The highest BCUT2D eigenvalue weighted by Crippen LogP contribution is 2.38. The van der Waals surface area contributed by atoms with Gasteiger partial charge < -0.3 is 13.6 Å². The molecule has 0 saturated carbocycles. The predicted molar refractivity (Wildman–Crippen MR) is 106 cm³/mol. The number of rotatable bonds is 7. The summed E-state index contributed by atoms with van der Waals surface area (Å²) >= 11 is 0. The highest BCUT2D eigenvalue weighted by atomic mass is 28.4. The lowest BCUT2D eigenvalue weighted by Crippen LogP contribution is -2.51. The minimum Gasteiger partial charge on any atom is -0.385 e. The van der Waals surface area contributed by atoms with Crippen LogP contribution in [0.5, 0.6) is 0 Å². The summed E-state index contributed by atoms with van der Waals surface area (Å²) in [6.07, 6.45) is 8.28. The Hall–Kier alpha value is -1.20. The zero-order valence-corrected chi connectivity index (χ0v) is 17.1. The van der Waals surface area contributed by atoms with E-state index in [4.69, 9.17) is 13.6 Å². The molecule has 1 heterocycles. The molecule has 0 aromatic heterocycles. The van der Waals surface area contributed by atoms with E-state index >= 15 is 0 Å². The molecule has 3 nitrogen and oxygen atoms in total. The van der Waals surface area contributed by atoms with Crippen LogP contribution in [0.1, 0.15) is 40.2 Å². The number of benzene rings is 1. The second-order valence-electron chi connectivity index (χ2n) is 7.18. The van der Waals surface area contributed by atoms with E-state index in [9.17, 15) is 0 Å². The van der Waals surface area contributed by atoms with E-state index in [1.807, 2.05) is 31.2 Å². The van der Waals surface area contributed by atoms with Crippen molar-refractivity contribution in [1.29, 1.82) is 0 Å². The van der Waals surface area contributed by atoms with Gasteiger partial charge in [0.1, 0.15) is 0 Å². The maximum absolute atomic E-state index is 6.61. The van der Waals surface area contributed by atoms with E-state index in [0.29, 0.717) is 24.3 Å². The summed E-state index contributed by atoms with van der Waals surface area (Å²) in [6.45, 7) is 12.0. The van der Waals surface area contributed by atoms with Gasteiger partial charge in [-0.25, -0.2) is 0 Å². The summed E-state index contributed by atoms with van der Waals surface area (Å²) in [6, 6.07) is 10.2. The Kier molecular flexibility index (Phi) is 7.63. The van der Waals surface area contributed by atoms with E-state index in [0.717, 1.165) is 0 Å². The molecule has 0 fully saturated rings. The smallest absolute Gasteiger partial charge is 0.344 e. The molecule has 2 atom stereocenters. The van der Waals surface area contributed by atoms with Crippen LogP contribution in [0, 0.1) is 0 Å². The third kappa shape index (κ3) is 5.38. The number of ether oxygens (including phenoxy) is 1. The molecule has 2 rings (SSSR count). The summed E-state index contributed by atoms with van der Waals surface area (Å²) in [4.78, 5) is 0. The minimum atomic E-state index is -2.37. The van der Waals surface area contributed by atoms with Crippen LogP contribution < -0.4 is 0 Å². The fourth-order valence-corrected chi connectivity index (χ4v) is 6.93. The van der Waals surface area contributed by atoms with Crippen LogP contribution in [0.25, 0.3) is 0 Å². The first kappa shape index (κ1) is 20.1. The molecule has 0 radical (unpaired) electrons. The molecule has 0 amide bonds. The molecule has 0 aliphatic carbocycles. The lowest BCUT2D eigenvalue weighted by molar-refractivity contribution is 0.0372.